The Hall–Kier alpha value is -3.78. The van der Waals surface area contributed by atoms with E-state index in [9.17, 15) is 18.8 Å². The fourth-order valence-electron chi connectivity index (χ4n) is 3.92. The molecule has 4 rings (SSSR count). The number of carbonyl (C=O) groups excluding carboxylic acids is 2. The van der Waals surface area contributed by atoms with Crippen molar-refractivity contribution in [3.05, 3.63) is 99.1 Å². The topological polar surface area (TPSA) is 81.1 Å². The maximum Gasteiger partial charge on any atom is 0.266 e. The molecule has 1 heterocycles. The van der Waals surface area contributed by atoms with E-state index in [1.165, 1.54) is 22.8 Å². The molecule has 1 N–H and O–H groups in total. The number of hydrogen-bond donors (Lipinski definition) is 1. The van der Waals surface area contributed by atoms with E-state index >= 15 is 0 Å². The molecule has 4 aromatic rings. The van der Waals surface area contributed by atoms with Crippen LogP contribution in [0.15, 0.2) is 70.6 Å². The van der Waals surface area contributed by atoms with E-state index in [1.807, 2.05) is 39.8 Å². The van der Waals surface area contributed by atoms with Crippen LogP contribution in [-0.4, -0.2) is 32.5 Å². The summed E-state index contributed by atoms with van der Waals surface area (Å²) < 4.78 is 15.4. The summed E-state index contributed by atoms with van der Waals surface area (Å²) >= 11 is 1.12. The molecule has 6 nitrogen and oxygen atoms in total. The summed E-state index contributed by atoms with van der Waals surface area (Å²) in [5.74, 6) is -0.890. The SMILES string of the molecule is Cc1ccc(C(=O)[C@@H](C)Sc2nc3cc(C(=O)NC(C)C)ccc3c(=O)n2-c2cccc(F)c2)cc1C. The number of nitrogens with zero attached hydrogens (tertiary/aromatic N) is 2. The molecule has 190 valence electrons. The van der Waals surface area contributed by atoms with Gasteiger partial charge in [0.15, 0.2) is 10.9 Å². The molecule has 1 amide bonds. The minimum atomic E-state index is -0.585. The van der Waals surface area contributed by atoms with E-state index in [2.05, 4.69) is 10.3 Å². The molecule has 37 heavy (non-hydrogen) atoms. The van der Waals surface area contributed by atoms with Gasteiger partial charge in [-0.3, -0.25) is 19.0 Å². The van der Waals surface area contributed by atoms with Gasteiger partial charge in [0, 0.05) is 17.2 Å². The van der Waals surface area contributed by atoms with Crippen molar-refractivity contribution in [2.75, 3.05) is 0 Å². The molecule has 0 saturated carbocycles. The van der Waals surface area contributed by atoms with Gasteiger partial charge in [0.05, 0.1) is 21.8 Å². The molecule has 0 aliphatic carbocycles. The molecule has 0 aliphatic heterocycles. The number of fused-ring (bicyclic) bond motifs is 1. The van der Waals surface area contributed by atoms with Gasteiger partial charge in [-0.2, -0.15) is 0 Å². The lowest BCUT2D eigenvalue weighted by atomic mass is 10.0. The van der Waals surface area contributed by atoms with Crippen LogP contribution in [0.3, 0.4) is 0 Å². The lowest BCUT2D eigenvalue weighted by molar-refractivity contribution is 0.0942. The molecule has 0 spiro atoms. The minimum absolute atomic E-state index is 0.0551. The number of carbonyl (C=O) groups is 2. The predicted octanol–water partition coefficient (Wildman–Crippen LogP) is 5.64. The van der Waals surface area contributed by atoms with Crippen LogP contribution < -0.4 is 10.9 Å². The summed E-state index contributed by atoms with van der Waals surface area (Å²) in [5.41, 5.74) is 3.24. The van der Waals surface area contributed by atoms with Crippen LogP contribution in [0.1, 0.15) is 52.6 Å². The minimum Gasteiger partial charge on any atom is -0.350 e. The second kappa shape index (κ2) is 10.7. The Morgan fingerprint density at radius 2 is 1.68 bits per heavy atom. The Morgan fingerprint density at radius 1 is 0.946 bits per heavy atom. The second-order valence-corrected chi connectivity index (χ2v) is 10.6. The van der Waals surface area contributed by atoms with Crippen molar-refractivity contribution in [1.82, 2.24) is 14.9 Å². The van der Waals surface area contributed by atoms with Crippen molar-refractivity contribution in [2.45, 2.75) is 51.1 Å². The fraction of sp³-hybridized carbons (Fsp3) is 0.241. The zero-order valence-corrected chi connectivity index (χ0v) is 22.2. The Balaban J connectivity index is 1.83. The number of rotatable bonds is 7. The van der Waals surface area contributed by atoms with Gasteiger partial charge < -0.3 is 5.32 Å². The number of Topliss-reactive ketones (excluding diaryl/α,β-unsaturated/α-hetero) is 1. The van der Waals surface area contributed by atoms with Gasteiger partial charge in [-0.25, -0.2) is 9.37 Å². The fourth-order valence-corrected chi connectivity index (χ4v) is 4.92. The number of hydrogen-bond acceptors (Lipinski definition) is 5. The first-order chi connectivity index (χ1) is 17.5. The zero-order chi connectivity index (χ0) is 26.9. The highest BCUT2D eigenvalue weighted by atomic mass is 32.2. The lowest BCUT2D eigenvalue weighted by Gasteiger charge is -2.17. The number of benzene rings is 3. The average Bonchev–Trinajstić information content (AvgIpc) is 2.84. The van der Waals surface area contributed by atoms with Crippen molar-refractivity contribution in [3.8, 4) is 5.69 Å². The molecule has 0 fully saturated rings. The molecule has 0 saturated heterocycles. The predicted molar refractivity (Wildman–Crippen MR) is 145 cm³/mol. The number of aromatic nitrogens is 2. The summed E-state index contributed by atoms with van der Waals surface area (Å²) in [6.07, 6.45) is 0. The number of aryl methyl sites for hydroxylation is 2. The van der Waals surface area contributed by atoms with Crippen LogP contribution in [0.2, 0.25) is 0 Å². The third kappa shape index (κ3) is 5.64. The first-order valence-corrected chi connectivity index (χ1v) is 12.8. The normalized spacial score (nSPS) is 12.1. The maximum absolute atomic E-state index is 14.1. The molecule has 3 aromatic carbocycles. The summed E-state index contributed by atoms with van der Waals surface area (Å²) in [7, 11) is 0. The van der Waals surface area contributed by atoms with Gasteiger partial charge in [-0.05, 0) is 88.2 Å². The van der Waals surface area contributed by atoms with Crippen molar-refractivity contribution in [1.29, 1.82) is 0 Å². The molecule has 1 atom stereocenters. The van der Waals surface area contributed by atoms with Crippen molar-refractivity contribution < 1.29 is 14.0 Å². The van der Waals surface area contributed by atoms with E-state index in [0.29, 0.717) is 22.3 Å². The van der Waals surface area contributed by atoms with Gasteiger partial charge in [0.2, 0.25) is 0 Å². The Morgan fingerprint density at radius 3 is 2.35 bits per heavy atom. The largest absolute Gasteiger partial charge is 0.350 e. The maximum atomic E-state index is 14.1. The molecule has 8 heteroatoms. The summed E-state index contributed by atoms with van der Waals surface area (Å²) in [5, 5.41) is 2.76. The van der Waals surface area contributed by atoms with Gasteiger partial charge >= 0.3 is 0 Å². The summed E-state index contributed by atoms with van der Waals surface area (Å²) in [4.78, 5) is 44.1. The highest BCUT2D eigenvalue weighted by Crippen LogP contribution is 2.28. The zero-order valence-electron chi connectivity index (χ0n) is 21.3. The van der Waals surface area contributed by atoms with Crippen molar-refractivity contribution >= 4 is 34.4 Å². The van der Waals surface area contributed by atoms with Crippen LogP contribution >= 0.6 is 11.8 Å². The van der Waals surface area contributed by atoms with E-state index in [-0.39, 0.29) is 28.3 Å². The van der Waals surface area contributed by atoms with Crippen LogP contribution in [0.4, 0.5) is 4.39 Å². The van der Waals surface area contributed by atoms with E-state index in [0.717, 1.165) is 22.9 Å². The van der Waals surface area contributed by atoms with Crippen LogP contribution in [0, 0.1) is 19.7 Å². The molecular weight excluding hydrogens is 489 g/mol. The van der Waals surface area contributed by atoms with Crippen molar-refractivity contribution in [2.24, 2.45) is 0 Å². The number of nitrogens with one attached hydrogen (secondary N) is 1. The van der Waals surface area contributed by atoms with Crippen LogP contribution in [0.25, 0.3) is 16.6 Å². The molecule has 0 unspecified atom stereocenters. The first kappa shape index (κ1) is 26.3. The van der Waals surface area contributed by atoms with Gasteiger partial charge in [0.25, 0.3) is 11.5 Å². The molecular formula is C29H28FN3O3S. The third-order valence-electron chi connectivity index (χ3n) is 6.03. The highest BCUT2D eigenvalue weighted by molar-refractivity contribution is 8.00. The summed E-state index contributed by atoms with van der Waals surface area (Å²) in [6.45, 7) is 9.40. The van der Waals surface area contributed by atoms with E-state index in [4.69, 9.17) is 0 Å². The second-order valence-electron chi connectivity index (χ2n) is 9.30. The molecule has 0 bridgehead atoms. The standard InChI is InChI=1S/C29H28FN3O3S/c1-16(2)31-27(35)21-11-12-24-25(14-21)32-29(33(28(24)36)23-8-6-7-22(30)15-23)37-19(5)26(34)20-10-9-17(3)18(4)13-20/h6-16,19H,1-5H3,(H,31,35)/t19-/m1/s1. The number of thioether (sulfide) groups is 1. The van der Waals surface area contributed by atoms with Crippen LogP contribution in [0.5, 0.6) is 0 Å². The Kier molecular flexibility index (Phi) is 7.59. The lowest BCUT2D eigenvalue weighted by Crippen LogP contribution is -2.30. The van der Waals surface area contributed by atoms with Gasteiger partial charge in [-0.1, -0.05) is 30.0 Å². The van der Waals surface area contributed by atoms with E-state index in [1.54, 1.807) is 37.3 Å². The quantitative estimate of drug-likeness (QED) is 0.195. The van der Waals surface area contributed by atoms with Crippen LogP contribution in [-0.2, 0) is 0 Å². The number of halogens is 1. The monoisotopic (exact) mass is 517 g/mol. The third-order valence-corrected chi connectivity index (χ3v) is 7.08. The number of amides is 1. The Bertz CT molecular complexity index is 1580. The first-order valence-electron chi connectivity index (χ1n) is 12.0. The van der Waals surface area contributed by atoms with Gasteiger partial charge in [-0.15, -0.1) is 0 Å². The average molecular weight is 518 g/mol. The smallest absolute Gasteiger partial charge is 0.266 e. The molecule has 0 radical (unpaired) electrons. The van der Waals surface area contributed by atoms with E-state index < -0.39 is 16.6 Å². The summed E-state index contributed by atoms with van der Waals surface area (Å²) in [6, 6.07) is 15.8. The highest BCUT2D eigenvalue weighted by Gasteiger charge is 2.22. The van der Waals surface area contributed by atoms with Gasteiger partial charge in [0.1, 0.15) is 5.82 Å². The van der Waals surface area contributed by atoms with Crippen molar-refractivity contribution in [3.63, 3.8) is 0 Å². The molecule has 0 aliphatic rings. The number of ketones is 1. The Labute approximate surface area is 218 Å². The molecule has 1 aromatic heterocycles.